The smallest absolute Gasteiger partial charge is 0.169 e. The summed E-state index contributed by atoms with van der Waals surface area (Å²) >= 11 is 1.84. The maximum atomic E-state index is 5.50. The number of nitrogens with zero attached hydrogens (tertiary/aromatic N) is 1. The van der Waals surface area contributed by atoms with E-state index in [-0.39, 0.29) is 0 Å². The second-order valence-electron chi connectivity index (χ2n) is 3.81. The van der Waals surface area contributed by atoms with Crippen LogP contribution in [0.5, 0.6) is 0 Å². The Morgan fingerprint density at radius 1 is 1.25 bits per heavy atom. The number of aromatic nitrogens is 1. The molecule has 1 aromatic heterocycles. The Morgan fingerprint density at radius 2 is 1.94 bits per heavy atom. The first-order valence-corrected chi connectivity index (χ1v) is 6.02. The monoisotopic (exact) mass is 234 g/mol. The molecule has 84 valence electrons. The van der Waals surface area contributed by atoms with Gasteiger partial charge in [0.1, 0.15) is 0 Å². The van der Waals surface area contributed by atoms with Gasteiger partial charge in [0.15, 0.2) is 11.6 Å². The maximum Gasteiger partial charge on any atom is 0.169 e. The largest absolute Gasteiger partial charge is 0.381 e. The van der Waals surface area contributed by atoms with E-state index in [1.165, 1.54) is 4.90 Å². The molecule has 0 aliphatic rings. The molecule has 16 heavy (non-hydrogen) atoms. The van der Waals surface area contributed by atoms with Gasteiger partial charge in [-0.05, 0) is 12.1 Å². The van der Waals surface area contributed by atoms with Crippen LogP contribution in [0.4, 0.5) is 5.82 Å². The highest BCUT2D eigenvalue weighted by atomic mass is 32.2. The maximum absolute atomic E-state index is 5.50. The molecule has 3 nitrogen and oxygen atoms in total. The highest BCUT2D eigenvalue weighted by molar-refractivity contribution is 7.99. The fraction of sp³-hybridized carbons (Fsp3) is 0.250. The van der Waals surface area contributed by atoms with Gasteiger partial charge in [-0.25, -0.2) is 0 Å². The first-order valence-electron chi connectivity index (χ1n) is 5.14. The van der Waals surface area contributed by atoms with E-state index in [0.717, 1.165) is 5.56 Å². The fourth-order valence-corrected chi connectivity index (χ4v) is 2.23. The molecule has 0 bridgehead atoms. The summed E-state index contributed by atoms with van der Waals surface area (Å²) in [5.41, 5.74) is 6.50. The van der Waals surface area contributed by atoms with Gasteiger partial charge in [0.25, 0.3) is 0 Å². The fourth-order valence-electron chi connectivity index (χ4n) is 1.39. The van der Waals surface area contributed by atoms with Crippen molar-refractivity contribution in [2.24, 2.45) is 0 Å². The van der Waals surface area contributed by atoms with Crippen molar-refractivity contribution in [3.05, 3.63) is 30.3 Å². The van der Waals surface area contributed by atoms with Crippen LogP contribution in [0.25, 0.3) is 11.3 Å². The number of anilines is 1. The molecule has 0 radical (unpaired) electrons. The SMILES string of the molecule is CC(C)Sc1ccc(-c2cc(N)no2)cc1. The zero-order valence-electron chi connectivity index (χ0n) is 9.31. The Morgan fingerprint density at radius 3 is 2.44 bits per heavy atom. The first-order chi connectivity index (χ1) is 7.65. The molecule has 0 saturated heterocycles. The summed E-state index contributed by atoms with van der Waals surface area (Å²) in [6.45, 7) is 4.35. The van der Waals surface area contributed by atoms with Crippen LogP contribution in [0.2, 0.25) is 0 Å². The third-order valence-corrected chi connectivity index (χ3v) is 3.05. The van der Waals surface area contributed by atoms with Crippen molar-refractivity contribution in [3.63, 3.8) is 0 Å². The Kier molecular flexibility index (Phi) is 3.19. The van der Waals surface area contributed by atoms with E-state index in [2.05, 4.69) is 31.1 Å². The standard InChI is InChI=1S/C12H14N2OS/c1-8(2)16-10-5-3-9(4-6-10)11-7-12(13)14-15-11/h3-8H,1-2H3,(H2,13,14). The molecule has 0 fully saturated rings. The minimum atomic E-state index is 0.413. The van der Waals surface area contributed by atoms with E-state index in [1.807, 2.05) is 23.9 Å². The highest BCUT2D eigenvalue weighted by Gasteiger charge is 2.05. The minimum absolute atomic E-state index is 0.413. The van der Waals surface area contributed by atoms with Gasteiger partial charge in [-0.3, -0.25) is 0 Å². The van der Waals surface area contributed by atoms with E-state index in [1.54, 1.807) is 6.07 Å². The average Bonchev–Trinajstić information content (AvgIpc) is 2.65. The second kappa shape index (κ2) is 4.61. The van der Waals surface area contributed by atoms with Gasteiger partial charge in [0.05, 0.1) is 0 Å². The minimum Gasteiger partial charge on any atom is -0.381 e. The van der Waals surface area contributed by atoms with E-state index in [4.69, 9.17) is 10.3 Å². The van der Waals surface area contributed by atoms with Crippen molar-refractivity contribution in [2.45, 2.75) is 24.0 Å². The number of benzene rings is 1. The van der Waals surface area contributed by atoms with Gasteiger partial charge >= 0.3 is 0 Å². The Bertz CT molecular complexity index is 462. The molecule has 4 heteroatoms. The topological polar surface area (TPSA) is 52.0 Å². The number of hydrogen-bond acceptors (Lipinski definition) is 4. The molecule has 2 rings (SSSR count). The van der Waals surface area contributed by atoms with Crippen LogP contribution in [0.3, 0.4) is 0 Å². The number of hydrogen-bond donors (Lipinski definition) is 1. The third-order valence-electron chi connectivity index (χ3n) is 2.04. The molecule has 0 atom stereocenters. The Balaban J connectivity index is 2.19. The van der Waals surface area contributed by atoms with E-state index in [9.17, 15) is 0 Å². The summed E-state index contributed by atoms with van der Waals surface area (Å²) in [7, 11) is 0. The van der Waals surface area contributed by atoms with Crippen molar-refractivity contribution >= 4 is 17.6 Å². The first kappa shape index (κ1) is 11.1. The molecule has 0 aliphatic carbocycles. The van der Waals surface area contributed by atoms with Crippen molar-refractivity contribution in [1.29, 1.82) is 0 Å². The predicted molar refractivity (Wildman–Crippen MR) is 67.3 cm³/mol. The average molecular weight is 234 g/mol. The molecular weight excluding hydrogens is 220 g/mol. The summed E-state index contributed by atoms with van der Waals surface area (Å²) in [6, 6.07) is 9.93. The number of rotatable bonds is 3. The van der Waals surface area contributed by atoms with Gasteiger partial charge in [-0.1, -0.05) is 31.1 Å². The van der Waals surface area contributed by atoms with Gasteiger partial charge in [0, 0.05) is 21.8 Å². The van der Waals surface area contributed by atoms with Crippen LogP contribution in [-0.4, -0.2) is 10.4 Å². The van der Waals surface area contributed by atoms with Crippen molar-refractivity contribution in [3.8, 4) is 11.3 Å². The summed E-state index contributed by atoms with van der Waals surface area (Å²) in [5, 5.41) is 4.25. The van der Waals surface area contributed by atoms with Crippen molar-refractivity contribution in [1.82, 2.24) is 5.16 Å². The van der Waals surface area contributed by atoms with Crippen LogP contribution in [-0.2, 0) is 0 Å². The molecule has 2 N–H and O–H groups in total. The molecule has 2 aromatic rings. The van der Waals surface area contributed by atoms with E-state index >= 15 is 0 Å². The summed E-state index contributed by atoms with van der Waals surface area (Å²) in [4.78, 5) is 1.26. The lowest BCUT2D eigenvalue weighted by atomic mass is 10.2. The van der Waals surface area contributed by atoms with Crippen molar-refractivity contribution < 1.29 is 4.52 Å². The van der Waals surface area contributed by atoms with Gasteiger partial charge in [0.2, 0.25) is 0 Å². The van der Waals surface area contributed by atoms with Crippen LogP contribution in [0.15, 0.2) is 39.8 Å². The summed E-state index contributed by atoms with van der Waals surface area (Å²) in [6.07, 6.45) is 0. The lowest BCUT2D eigenvalue weighted by Gasteiger charge is -2.04. The van der Waals surface area contributed by atoms with E-state index in [0.29, 0.717) is 16.8 Å². The molecule has 0 aliphatic heterocycles. The molecule has 1 heterocycles. The Labute approximate surface area is 99.0 Å². The second-order valence-corrected chi connectivity index (χ2v) is 5.46. The van der Waals surface area contributed by atoms with Crippen LogP contribution < -0.4 is 5.73 Å². The number of nitrogens with two attached hydrogens (primary N) is 1. The lowest BCUT2D eigenvalue weighted by Crippen LogP contribution is -1.85. The highest BCUT2D eigenvalue weighted by Crippen LogP contribution is 2.27. The van der Waals surface area contributed by atoms with Crippen molar-refractivity contribution in [2.75, 3.05) is 5.73 Å². The molecule has 1 aromatic carbocycles. The Hall–Kier alpha value is -1.42. The summed E-state index contributed by atoms with van der Waals surface area (Å²) in [5.74, 6) is 1.12. The van der Waals surface area contributed by atoms with Gasteiger partial charge in [-0.2, -0.15) is 0 Å². The van der Waals surface area contributed by atoms with Gasteiger partial charge < -0.3 is 10.3 Å². The van der Waals surface area contributed by atoms with Crippen LogP contribution in [0.1, 0.15) is 13.8 Å². The van der Waals surface area contributed by atoms with Crippen LogP contribution >= 0.6 is 11.8 Å². The zero-order valence-corrected chi connectivity index (χ0v) is 10.1. The molecular formula is C12H14N2OS. The zero-order chi connectivity index (χ0) is 11.5. The lowest BCUT2D eigenvalue weighted by molar-refractivity contribution is 0.436. The number of thioether (sulfide) groups is 1. The van der Waals surface area contributed by atoms with Gasteiger partial charge in [-0.15, -0.1) is 11.8 Å². The van der Waals surface area contributed by atoms with Crippen LogP contribution in [0, 0.1) is 0 Å². The molecule has 0 unspecified atom stereocenters. The normalized spacial score (nSPS) is 10.9. The predicted octanol–water partition coefficient (Wildman–Crippen LogP) is 3.42. The third kappa shape index (κ3) is 2.58. The summed E-state index contributed by atoms with van der Waals surface area (Å²) < 4.78 is 5.09. The quantitative estimate of drug-likeness (QED) is 0.827. The number of nitrogen functional groups attached to an aromatic ring is 1. The molecule has 0 amide bonds. The van der Waals surface area contributed by atoms with E-state index < -0.39 is 0 Å². The molecule has 0 saturated carbocycles. The molecule has 0 spiro atoms.